The summed E-state index contributed by atoms with van der Waals surface area (Å²) in [7, 11) is 0. The summed E-state index contributed by atoms with van der Waals surface area (Å²) in [4.78, 5) is 15.3. The summed E-state index contributed by atoms with van der Waals surface area (Å²) >= 11 is 5.69. The molecule has 0 saturated carbocycles. The lowest BCUT2D eigenvalue weighted by molar-refractivity contribution is 0.0529. The molecule has 104 valence electrons. The minimum absolute atomic E-state index is 0.394. The molecule has 19 heavy (non-hydrogen) atoms. The number of pyridine rings is 1. The number of halogens is 1. The number of nitrogens with zero attached hydrogens (tertiary/aromatic N) is 1. The van der Waals surface area contributed by atoms with Crippen molar-refractivity contribution in [1.29, 1.82) is 0 Å². The Labute approximate surface area is 118 Å². The highest BCUT2D eigenvalue weighted by Crippen LogP contribution is 2.07. The molecule has 1 aromatic heterocycles. The van der Waals surface area contributed by atoms with Gasteiger partial charge < -0.3 is 10.1 Å². The van der Waals surface area contributed by atoms with Gasteiger partial charge in [-0.3, -0.25) is 0 Å². The molecular weight excluding hydrogens is 264 g/mol. The fourth-order valence-corrected chi connectivity index (χ4v) is 1.39. The Bertz CT molecular complexity index is 436. The molecule has 0 aliphatic heterocycles. The molecule has 0 spiro atoms. The minimum Gasteiger partial charge on any atom is -0.444 e. The van der Waals surface area contributed by atoms with Gasteiger partial charge in [0.1, 0.15) is 10.8 Å². The van der Waals surface area contributed by atoms with Gasteiger partial charge in [0.15, 0.2) is 0 Å². The van der Waals surface area contributed by atoms with Crippen LogP contribution in [0.5, 0.6) is 0 Å². The lowest BCUT2D eigenvalue weighted by Gasteiger charge is -2.19. The van der Waals surface area contributed by atoms with Gasteiger partial charge in [0.05, 0.1) is 0 Å². The summed E-state index contributed by atoms with van der Waals surface area (Å²) in [6.45, 7) is 6.03. The summed E-state index contributed by atoms with van der Waals surface area (Å²) in [5.74, 6) is 0. The molecule has 0 unspecified atom stereocenters. The van der Waals surface area contributed by atoms with Crippen LogP contribution in [0.4, 0.5) is 4.79 Å². The van der Waals surface area contributed by atoms with E-state index in [2.05, 4.69) is 10.3 Å². The largest absolute Gasteiger partial charge is 0.444 e. The van der Waals surface area contributed by atoms with Crippen molar-refractivity contribution in [2.24, 2.45) is 0 Å². The highest BCUT2D eigenvalue weighted by molar-refractivity contribution is 6.29. The fraction of sp³-hybridized carbons (Fsp3) is 0.429. The maximum Gasteiger partial charge on any atom is 0.407 e. The van der Waals surface area contributed by atoms with Gasteiger partial charge in [-0.1, -0.05) is 29.8 Å². The number of nitrogens with one attached hydrogen (secondary N) is 1. The standard InChI is InChI=1S/C14H19ClN2O2/c1-14(2,3)19-13(18)16-9-5-4-6-11-7-8-12(15)17-10-11/h4,6-8,10H,5,9H2,1-3H3,(H,16,18). The van der Waals surface area contributed by atoms with E-state index in [4.69, 9.17) is 16.3 Å². The molecule has 0 fully saturated rings. The second-order valence-electron chi connectivity index (χ2n) is 5.03. The predicted octanol–water partition coefficient (Wildman–Crippen LogP) is 3.66. The van der Waals surface area contributed by atoms with Crippen LogP contribution in [0.3, 0.4) is 0 Å². The van der Waals surface area contributed by atoms with E-state index in [1.807, 2.05) is 39.0 Å². The van der Waals surface area contributed by atoms with Gasteiger partial charge >= 0.3 is 6.09 Å². The molecule has 5 heteroatoms. The van der Waals surface area contributed by atoms with Gasteiger partial charge in [-0.2, -0.15) is 0 Å². The average molecular weight is 283 g/mol. The Morgan fingerprint density at radius 3 is 2.79 bits per heavy atom. The van der Waals surface area contributed by atoms with Gasteiger partial charge in [0, 0.05) is 12.7 Å². The van der Waals surface area contributed by atoms with E-state index in [0.717, 1.165) is 12.0 Å². The van der Waals surface area contributed by atoms with E-state index >= 15 is 0 Å². The first-order valence-corrected chi connectivity index (χ1v) is 6.49. The number of carbonyl (C=O) groups is 1. The van der Waals surface area contributed by atoms with Crippen molar-refractivity contribution >= 4 is 23.8 Å². The Morgan fingerprint density at radius 1 is 1.47 bits per heavy atom. The molecule has 1 heterocycles. The van der Waals surface area contributed by atoms with Gasteiger partial charge in [0.25, 0.3) is 0 Å². The zero-order valence-electron chi connectivity index (χ0n) is 11.4. The molecule has 0 aliphatic rings. The van der Waals surface area contributed by atoms with E-state index in [-0.39, 0.29) is 0 Å². The average Bonchev–Trinajstić information content (AvgIpc) is 2.29. The molecule has 1 amide bonds. The van der Waals surface area contributed by atoms with E-state index in [1.54, 1.807) is 12.3 Å². The Hall–Kier alpha value is -1.55. The van der Waals surface area contributed by atoms with E-state index in [0.29, 0.717) is 11.7 Å². The van der Waals surface area contributed by atoms with Crippen LogP contribution in [-0.4, -0.2) is 23.2 Å². The summed E-state index contributed by atoms with van der Waals surface area (Å²) in [5, 5.41) is 3.16. The molecular formula is C14H19ClN2O2. The van der Waals surface area contributed by atoms with Gasteiger partial charge in [0.2, 0.25) is 0 Å². The van der Waals surface area contributed by atoms with E-state index in [9.17, 15) is 4.79 Å². The van der Waals surface area contributed by atoms with Crippen molar-refractivity contribution < 1.29 is 9.53 Å². The third kappa shape index (κ3) is 7.47. The predicted molar refractivity (Wildman–Crippen MR) is 77.1 cm³/mol. The number of ether oxygens (including phenoxy) is 1. The van der Waals surface area contributed by atoms with Crippen molar-refractivity contribution in [1.82, 2.24) is 10.3 Å². The lowest BCUT2D eigenvalue weighted by atomic mass is 10.2. The molecule has 4 nitrogen and oxygen atoms in total. The number of rotatable bonds is 4. The van der Waals surface area contributed by atoms with Crippen molar-refractivity contribution in [3.63, 3.8) is 0 Å². The smallest absolute Gasteiger partial charge is 0.407 e. The Morgan fingerprint density at radius 2 is 2.21 bits per heavy atom. The van der Waals surface area contributed by atoms with Gasteiger partial charge in [-0.25, -0.2) is 9.78 Å². The quantitative estimate of drug-likeness (QED) is 0.677. The number of amides is 1. The number of hydrogen-bond acceptors (Lipinski definition) is 3. The molecule has 0 atom stereocenters. The normalized spacial score (nSPS) is 11.6. The number of alkyl carbamates (subject to hydrolysis) is 1. The monoisotopic (exact) mass is 282 g/mol. The van der Waals surface area contributed by atoms with Crippen LogP contribution in [0.1, 0.15) is 32.8 Å². The molecule has 1 aromatic rings. The SMILES string of the molecule is CC(C)(C)OC(=O)NCCC=Cc1ccc(Cl)nc1. The molecule has 0 aromatic carbocycles. The van der Waals surface area contributed by atoms with Crippen molar-refractivity contribution in [2.75, 3.05) is 6.54 Å². The van der Waals surface area contributed by atoms with E-state index < -0.39 is 11.7 Å². The molecule has 0 radical (unpaired) electrons. The third-order valence-corrected chi connectivity index (χ3v) is 2.26. The maximum atomic E-state index is 11.3. The van der Waals surface area contributed by atoms with Crippen molar-refractivity contribution in [2.45, 2.75) is 32.8 Å². The van der Waals surface area contributed by atoms with Crippen LogP contribution in [0.2, 0.25) is 5.15 Å². The molecule has 0 bridgehead atoms. The topological polar surface area (TPSA) is 51.2 Å². The first kappa shape index (κ1) is 15.5. The van der Waals surface area contributed by atoms with Crippen LogP contribution in [0, 0.1) is 0 Å². The van der Waals surface area contributed by atoms with Crippen molar-refractivity contribution in [3.8, 4) is 0 Å². The second kappa shape index (κ2) is 7.14. The summed E-state index contributed by atoms with van der Waals surface area (Å²) in [6.07, 6.45) is 5.92. The number of carbonyl (C=O) groups excluding carboxylic acids is 1. The highest BCUT2D eigenvalue weighted by atomic mass is 35.5. The minimum atomic E-state index is -0.463. The summed E-state index contributed by atoms with van der Waals surface area (Å²) < 4.78 is 5.12. The third-order valence-electron chi connectivity index (χ3n) is 2.04. The summed E-state index contributed by atoms with van der Waals surface area (Å²) in [6, 6.07) is 3.62. The van der Waals surface area contributed by atoms with Crippen LogP contribution in [-0.2, 0) is 4.74 Å². The first-order chi connectivity index (χ1) is 8.87. The Balaban J connectivity index is 2.24. The maximum absolute atomic E-state index is 11.3. The van der Waals surface area contributed by atoms with Crippen LogP contribution < -0.4 is 5.32 Å². The zero-order valence-corrected chi connectivity index (χ0v) is 12.2. The molecule has 1 rings (SSSR count). The van der Waals surface area contributed by atoms with Gasteiger partial charge in [-0.05, 0) is 38.8 Å². The molecule has 0 aliphatic carbocycles. The lowest BCUT2D eigenvalue weighted by Crippen LogP contribution is -2.32. The van der Waals surface area contributed by atoms with Crippen LogP contribution >= 0.6 is 11.6 Å². The van der Waals surface area contributed by atoms with Crippen molar-refractivity contribution in [3.05, 3.63) is 35.1 Å². The number of aromatic nitrogens is 1. The zero-order chi connectivity index (χ0) is 14.3. The second-order valence-corrected chi connectivity index (χ2v) is 5.42. The van der Waals surface area contributed by atoms with E-state index in [1.165, 1.54) is 0 Å². The number of hydrogen-bond donors (Lipinski definition) is 1. The Kier molecular flexibility index (Phi) is 5.83. The van der Waals surface area contributed by atoms with Crippen LogP contribution in [0.15, 0.2) is 24.4 Å². The fourth-order valence-electron chi connectivity index (χ4n) is 1.28. The first-order valence-electron chi connectivity index (χ1n) is 6.12. The molecule has 1 N–H and O–H groups in total. The summed E-state index contributed by atoms with van der Waals surface area (Å²) in [5.41, 5.74) is 0.510. The highest BCUT2D eigenvalue weighted by Gasteiger charge is 2.14. The molecule has 0 saturated heterocycles. The van der Waals surface area contributed by atoms with Gasteiger partial charge in [-0.15, -0.1) is 0 Å². The van der Waals surface area contributed by atoms with Crippen LogP contribution in [0.25, 0.3) is 6.08 Å².